The van der Waals surface area contributed by atoms with E-state index in [1.165, 1.54) is 0 Å². The zero-order valence-corrected chi connectivity index (χ0v) is 13.9. The van der Waals surface area contributed by atoms with E-state index in [1.807, 2.05) is 28.8 Å². The minimum atomic E-state index is 0.135. The molecule has 2 aliphatic heterocycles. The Kier molecular flexibility index (Phi) is 5.13. The predicted octanol–water partition coefficient (Wildman–Crippen LogP) is 3.26. The summed E-state index contributed by atoms with van der Waals surface area (Å²) in [6.45, 7) is 4.15. The Labute approximate surface area is 136 Å². The summed E-state index contributed by atoms with van der Waals surface area (Å²) in [7, 11) is 0. The Hall–Kier alpha value is -1.36. The summed E-state index contributed by atoms with van der Waals surface area (Å²) in [5, 5.41) is 0. The van der Waals surface area contributed by atoms with Gasteiger partial charge in [-0.3, -0.25) is 4.79 Å². The standard InChI is InChI=1S/C17H23NO3S/c1-2-22-12-8-16(19)18-9-4-6-14(18)13-5-3-7-15-17(13)21-11-10-20-15/h3,5,7,14H,2,4,6,8-12H2,1H3. The molecule has 1 atom stereocenters. The van der Waals surface area contributed by atoms with Crippen molar-refractivity contribution in [2.75, 3.05) is 31.3 Å². The van der Waals surface area contributed by atoms with E-state index in [0.717, 1.165) is 48.0 Å². The molecule has 5 heteroatoms. The number of para-hydroxylation sites is 1. The predicted molar refractivity (Wildman–Crippen MR) is 88.7 cm³/mol. The van der Waals surface area contributed by atoms with Crippen LogP contribution in [0.15, 0.2) is 18.2 Å². The second kappa shape index (κ2) is 7.27. The maximum atomic E-state index is 12.5. The Bertz CT molecular complexity index is 535. The number of amides is 1. The van der Waals surface area contributed by atoms with Crippen molar-refractivity contribution in [3.63, 3.8) is 0 Å². The van der Waals surface area contributed by atoms with Gasteiger partial charge < -0.3 is 14.4 Å². The van der Waals surface area contributed by atoms with Crippen LogP contribution in [0.5, 0.6) is 11.5 Å². The third-order valence-corrected chi connectivity index (χ3v) is 5.09. The summed E-state index contributed by atoms with van der Waals surface area (Å²) >= 11 is 1.82. The number of fused-ring (bicyclic) bond motifs is 1. The van der Waals surface area contributed by atoms with Gasteiger partial charge in [-0.15, -0.1) is 0 Å². The first kappa shape index (κ1) is 15.5. The van der Waals surface area contributed by atoms with Crippen LogP contribution in [-0.2, 0) is 4.79 Å². The van der Waals surface area contributed by atoms with Gasteiger partial charge in [-0.25, -0.2) is 0 Å². The summed E-state index contributed by atoms with van der Waals surface area (Å²) in [6.07, 6.45) is 2.69. The van der Waals surface area contributed by atoms with Crippen LogP contribution < -0.4 is 9.47 Å². The molecule has 1 saturated heterocycles. The monoisotopic (exact) mass is 321 g/mol. The number of carbonyl (C=O) groups is 1. The summed E-state index contributed by atoms with van der Waals surface area (Å²) in [5.74, 6) is 3.88. The minimum absolute atomic E-state index is 0.135. The van der Waals surface area contributed by atoms with Gasteiger partial charge in [-0.1, -0.05) is 19.1 Å². The second-order valence-electron chi connectivity index (χ2n) is 5.56. The van der Waals surface area contributed by atoms with Crippen LogP contribution in [0.2, 0.25) is 0 Å². The van der Waals surface area contributed by atoms with Gasteiger partial charge in [0.1, 0.15) is 13.2 Å². The largest absolute Gasteiger partial charge is 0.486 e. The van der Waals surface area contributed by atoms with Gasteiger partial charge in [-0.2, -0.15) is 11.8 Å². The van der Waals surface area contributed by atoms with Crippen molar-refractivity contribution in [3.05, 3.63) is 23.8 Å². The molecular weight excluding hydrogens is 298 g/mol. The molecule has 1 amide bonds. The van der Waals surface area contributed by atoms with Crippen molar-refractivity contribution in [3.8, 4) is 11.5 Å². The Balaban J connectivity index is 1.77. The van der Waals surface area contributed by atoms with Crippen molar-refractivity contribution in [1.82, 2.24) is 4.90 Å². The third kappa shape index (κ3) is 3.19. The lowest BCUT2D eigenvalue weighted by Crippen LogP contribution is -2.31. The van der Waals surface area contributed by atoms with Crippen LogP contribution in [0.4, 0.5) is 0 Å². The highest BCUT2D eigenvalue weighted by molar-refractivity contribution is 7.99. The van der Waals surface area contributed by atoms with E-state index in [2.05, 4.69) is 13.0 Å². The molecule has 1 fully saturated rings. The summed E-state index contributed by atoms with van der Waals surface area (Å²) in [6, 6.07) is 6.15. The number of carbonyl (C=O) groups excluding carboxylic acids is 1. The number of likely N-dealkylation sites (tertiary alicyclic amines) is 1. The number of hydrogen-bond acceptors (Lipinski definition) is 4. The normalized spacial score (nSPS) is 20.2. The SMILES string of the molecule is CCSCCC(=O)N1CCCC1c1cccc2c1OCCO2. The van der Waals surface area contributed by atoms with Crippen LogP contribution in [0.25, 0.3) is 0 Å². The van der Waals surface area contributed by atoms with Crippen molar-refractivity contribution >= 4 is 17.7 Å². The molecule has 3 rings (SSSR count). The van der Waals surface area contributed by atoms with Gasteiger partial charge >= 0.3 is 0 Å². The first-order chi connectivity index (χ1) is 10.8. The first-order valence-electron chi connectivity index (χ1n) is 8.07. The molecule has 22 heavy (non-hydrogen) atoms. The van der Waals surface area contributed by atoms with Gasteiger partial charge in [-0.05, 0) is 24.7 Å². The van der Waals surface area contributed by atoms with E-state index in [4.69, 9.17) is 9.47 Å². The van der Waals surface area contributed by atoms with E-state index in [1.54, 1.807) is 0 Å². The topological polar surface area (TPSA) is 38.8 Å². The number of hydrogen-bond donors (Lipinski definition) is 0. The number of thioether (sulfide) groups is 1. The molecule has 0 N–H and O–H groups in total. The van der Waals surface area contributed by atoms with Crippen molar-refractivity contribution in [2.45, 2.75) is 32.2 Å². The van der Waals surface area contributed by atoms with Gasteiger partial charge in [0.2, 0.25) is 5.91 Å². The van der Waals surface area contributed by atoms with Crippen molar-refractivity contribution in [1.29, 1.82) is 0 Å². The van der Waals surface area contributed by atoms with Crippen molar-refractivity contribution in [2.24, 2.45) is 0 Å². The molecule has 1 unspecified atom stereocenters. The molecule has 2 aliphatic rings. The first-order valence-corrected chi connectivity index (χ1v) is 9.22. The molecule has 1 aromatic carbocycles. The molecule has 4 nitrogen and oxygen atoms in total. The van der Waals surface area contributed by atoms with Gasteiger partial charge in [0.05, 0.1) is 6.04 Å². The Morgan fingerprint density at radius 3 is 3.09 bits per heavy atom. The molecule has 1 aromatic rings. The van der Waals surface area contributed by atoms with Crippen LogP contribution in [0.3, 0.4) is 0 Å². The zero-order chi connectivity index (χ0) is 15.4. The van der Waals surface area contributed by atoms with E-state index < -0.39 is 0 Å². The molecule has 0 aliphatic carbocycles. The fourth-order valence-electron chi connectivity index (χ4n) is 3.19. The lowest BCUT2D eigenvalue weighted by molar-refractivity contribution is -0.131. The number of nitrogens with zero attached hydrogens (tertiary/aromatic N) is 1. The molecule has 0 bridgehead atoms. The van der Waals surface area contributed by atoms with E-state index >= 15 is 0 Å². The van der Waals surface area contributed by atoms with Crippen LogP contribution in [0, 0.1) is 0 Å². The minimum Gasteiger partial charge on any atom is -0.486 e. The number of benzene rings is 1. The van der Waals surface area contributed by atoms with E-state index in [0.29, 0.717) is 19.6 Å². The van der Waals surface area contributed by atoms with Gasteiger partial charge in [0.25, 0.3) is 0 Å². The maximum Gasteiger partial charge on any atom is 0.223 e. The van der Waals surface area contributed by atoms with Gasteiger partial charge in [0, 0.05) is 24.3 Å². The van der Waals surface area contributed by atoms with Crippen molar-refractivity contribution < 1.29 is 14.3 Å². The van der Waals surface area contributed by atoms with Gasteiger partial charge in [0.15, 0.2) is 11.5 Å². The summed E-state index contributed by atoms with van der Waals surface area (Å²) in [5.41, 5.74) is 1.10. The fraction of sp³-hybridized carbons (Fsp3) is 0.588. The quantitative estimate of drug-likeness (QED) is 0.780. The fourth-order valence-corrected chi connectivity index (χ4v) is 3.80. The van der Waals surface area contributed by atoms with Crippen LogP contribution >= 0.6 is 11.8 Å². The average molecular weight is 321 g/mol. The molecule has 0 radical (unpaired) electrons. The molecular formula is C17H23NO3S. The summed E-state index contributed by atoms with van der Waals surface area (Å²) in [4.78, 5) is 14.5. The molecule has 0 spiro atoms. The lowest BCUT2D eigenvalue weighted by Gasteiger charge is -2.29. The zero-order valence-electron chi connectivity index (χ0n) is 13.0. The highest BCUT2D eigenvalue weighted by Gasteiger charge is 2.33. The van der Waals surface area contributed by atoms with Crippen LogP contribution in [-0.4, -0.2) is 42.1 Å². The maximum absolute atomic E-state index is 12.5. The summed E-state index contributed by atoms with van der Waals surface area (Å²) < 4.78 is 11.5. The van der Waals surface area contributed by atoms with E-state index in [-0.39, 0.29) is 11.9 Å². The highest BCUT2D eigenvalue weighted by Crippen LogP contribution is 2.42. The highest BCUT2D eigenvalue weighted by atomic mass is 32.2. The molecule has 0 saturated carbocycles. The lowest BCUT2D eigenvalue weighted by atomic mass is 10.0. The Morgan fingerprint density at radius 2 is 2.23 bits per heavy atom. The third-order valence-electron chi connectivity index (χ3n) is 4.19. The second-order valence-corrected chi connectivity index (χ2v) is 6.96. The smallest absolute Gasteiger partial charge is 0.223 e. The van der Waals surface area contributed by atoms with Crippen LogP contribution in [0.1, 0.15) is 37.8 Å². The molecule has 2 heterocycles. The van der Waals surface area contributed by atoms with E-state index in [9.17, 15) is 4.79 Å². The average Bonchev–Trinajstić information content (AvgIpc) is 3.04. The molecule has 120 valence electrons. The Morgan fingerprint density at radius 1 is 1.36 bits per heavy atom. The molecule has 0 aromatic heterocycles. The number of ether oxygens (including phenoxy) is 2. The number of rotatable bonds is 5.